The van der Waals surface area contributed by atoms with Gasteiger partial charge in [-0.05, 0) is 71.8 Å². The Balaban J connectivity index is 1.67. The number of benzene rings is 5. The first kappa shape index (κ1) is 27.7. The minimum absolute atomic E-state index is 0.277. The summed E-state index contributed by atoms with van der Waals surface area (Å²) in [6, 6.07) is 36.5. The summed E-state index contributed by atoms with van der Waals surface area (Å²) in [6.45, 7) is 11.2. The van der Waals surface area contributed by atoms with Crippen LogP contribution in [0.3, 0.4) is 0 Å². The molecule has 4 nitrogen and oxygen atoms in total. The maximum atomic E-state index is 10.2. The lowest BCUT2D eigenvalue weighted by molar-refractivity contribution is -0.633. The van der Waals surface area contributed by atoms with Gasteiger partial charge in [-0.2, -0.15) is 9.83 Å². The summed E-state index contributed by atoms with van der Waals surface area (Å²) in [7, 11) is 2.14. The number of nitriles is 1. The van der Waals surface area contributed by atoms with E-state index >= 15 is 0 Å². The molecule has 4 heteroatoms. The summed E-state index contributed by atoms with van der Waals surface area (Å²) in [5, 5.41) is 12.0. The molecule has 5 aromatic carbocycles. The van der Waals surface area contributed by atoms with E-state index in [1.54, 1.807) is 0 Å². The van der Waals surface area contributed by atoms with Crippen molar-refractivity contribution < 1.29 is 8.98 Å². The van der Waals surface area contributed by atoms with Crippen molar-refractivity contribution in [1.29, 1.82) is 5.26 Å². The van der Waals surface area contributed by atoms with E-state index in [1.807, 2.05) is 30.3 Å². The smallest absolute Gasteiger partial charge is 0.299 e. The van der Waals surface area contributed by atoms with E-state index in [0.29, 0.717) is 5.56 Å². The van der Waals surface area contributed by atoms with Crippen LogP contribution in [0.15, 0.2) is 101 Å². The number of para-hydroxylation sites is 3. The summed E-state index contributed by atoms with van der Waals surface area (Å²) in [4.78, 5) is 0. The molecule has 2 aromatic heterocycles. The van der Waals surface area contributed by atoms with Gasteiger partial charge in [0.2, 0.25) is 0 Å². The third-order valence-corrected chi connectivity index (χ3v) is 8.95. The average Bonchev–Trinajstić information content (AvgIpc) is 3.56. The van der Waals surface area contributed by atoms with Crippen LogP contribution < -0.4 is 4.57 Å². The first-order chi connectivity index (χ1) is 21.3. The number of hydrogen-bond donors (Lipinski definition) is 0. The molecule has 0 unspecified atom stereocenters. The van der Waals surface area contributed by atoms with Gasteiger partial charge in [-0.25, -0.2) is 4.57 Å². The van der Waals surface area contributed by atoms with Crippen LogP contribution in [0, 0.1) is 18.3 Å². The molecule has 0 fully saturated rings. The number of nitrogens with zero attached hydrogens (tertiary/aromatic N) is 3. The Bertz CT molecular complexity index is 2230. The van der Waals surface area contributed by atoms with Crippen molar-refractivity contribution in [1.82, 2.24) is 4.57 Å². The Morgan fingerprint density at radius 1 is 0.773 bits per heavy atom. The summed E-state index contributed by atoms with van der Waals surface area (Å²) in [5.74, 6) is 1.59. The Morgan fingerprint density at radius 2 is 1.41 bits per heavy atom. The van der Waals surface area contributed by atoms with Gasteiger partial charge in [0.15, 0.2) is 16.6 Å². The molecule has 0 spiro atoms. The van der Waals surface area contributed by atoms with Gasteiger partial charge in [-0.15, -0.1) is 0 Å². The molecular formula is C40H36N3O+. The van der Waals surface area contributed by atoms with Crippen molar-refractivity contribution in [3.8, 4) is 34.3 Å². The van der Waals surface area contributed by atoms with Crippen LogP contribution >= 0.6 is 0 Å². The summed E-state index contributed by atoms with van der Waals surface area (Å²) in [6.07, 6.45) is 0. The molecule has 0 aliphatic heterocycles. The summed E-state index contributed by atoms with van der Waals surface area (Å²) >= 11 is 0. The third-order valence-electron chi connectivity index (χ3n) is 8.95. The molecule has 0 N–H and O–H groups in total. The Labute approximate surface area is 258 Å². The summed E-state index contributed by atoms with van der Waals surface area (Å²) in [5.41, 5.74) is 12.7. The second-order valence-corrected chi connectivity index (χ2v) is 12.4. The Kier molecular flexibility index (Phi) is 6.63. The van der Waals surface area contributed by atoms with Gasteiger partial charge < -0.3 is 4.42 Å². The number of aromatic nitrogens is 2. The van der Waals surface area contributed by atoms with Crippen molar-refractivity contribution in [2.24, 2.45) is 7.05 Å². The Hall–Kier alpha value is -5.14. The van der Waals surface area contributed by atoms with Crippen LogP contribution in [0.25, 0.3) is 61.2 Å². The number of aryl methyl sites for hydroxylation is 2. The Morgan fingerprint density at radius 3 is 2.09 bits per heavy atom. The second-order valence-electron chi connectivity index (χ2n) is 12.4. The number of imidazole rings is 1. The lowest BCUT2D eigenvalue weighted by atomic mass is 9.88. The molecule has 0 radical (unpaired) electrons. The SMILES string of the molecule is Cc1cc(C#N)c2c(oc3ccccc32)c1-c1n(-c2c(C(C)C)cc(-c3ccccc3)cc2C(C)C)c2ccccc2[n+]1C. The largest absolute Gasteiger partial charge is 0.455 e. The maximum Gasteiger partial charge on any atom is 0.299 e. The highest BCUT2D eigenvalue weighted by atomic mass is 16.3. The van der Waals surface area contributed by atoms with E-state index in [4.69, 9.17) is 4.42 Å². The first-order valence-corrected chi connectivity index (χ1v) is 15.4. The highest BCUT2D eigenvalue weighted by molar-refractivity contribution is 6.12. The minimum Gasteiger partial charge on any atom is -0.455 e. The van der Waals surface area contributed by atoms with Crippen molar-refractivity contribution in [3.05, 3.63) is 119 Å². The zero-order valence-electron chi connectivity index (χ0n) is 26.1. The minimum atomic E-state index is 0.277. The quantitative estimate of drug-likeness (QED) is 0.192. The monoisotopic (exact) mass is 574 g/mol. The molecule has 0 atom stereocenters. The molecule has 0 aliphatic rings. The van der Waals surface area contributed by atoms with Crippen LogP contribution in [-0.2, 0) is 7.05 Å². The fraction of sp³-hybridized carbons (Fsp3) is 0.200. The molecule has 0 saturated carbocycles. The first-order valence-electron chi connectivity index (χ1n) is 15.4. The number of rotatable bonds is 5. The van der Waals surface area contributed by atoms with Crippen LogP contribution in [-0.4, -0.2) is 4.57 Å². The molecule has 44 heavy (non-hydrogen) atoms. The van der Waals surface area contributed by atoms with E-state index in [0.717, 1.165) is 49.9 Å². The fourth-order valence-electron chi connectivity index (χ4n) is 6.83. The van der Waals surface area contributed by atoms with Gasteiger partial charge in [-0.3, -0.25) is 0 Å². The van der Waals surface area contributed by atoms with Crippen LogP contribution in [0.2, 0.25) is 0 Å². The van der Waals surface area contributed by atoms with E-state index in [2.05, 4.69) is 124 Å². The van der Waals surface area contributed by atoms with E-state index in [1.165, 1.54) is 27.9 Å². The highest BCUT2D eigenvalue weighted by Crippen LogP contribution is 2.43. The van der Waals surface area contributed by atoms with Crippen molar-refractivity contribution in [2.45, 2.75) is 46.5 Å². The molecule has 216 valence electrons. The second kappa shape index (κ2) is 10.5. The molecule has 7 rings (SSSR count). The molecule has 0 aliphatic carbocycles. The lowest BCUT2D eigenvalue weighted by Gasteiger charge is -2.21. The van der Waals surface area contributed by atoms with Crippen LogP contribution in [0.4, 0.5) is 0 Å². The molecule has 0 bridgehead atoms. The number of fused-ring (bicyclic) bond motifs is 4. The molecule has 2 heterocycles. The fourth-order valence-corrected chi connectivity index (χ4v) is 6.83. The van der Waals surface area contributed by atoms with E-state index in [9.17, 15) is 5.26 Å². The molecular weight excluding hydrogens is 538 g/mol. The molecule has 0 saturated heterocycles. The van der Waals surface area contributed by atoms with Gasteiger partial charge in [0.25, 0.3) is 5.82 Å². The van der Waals surface area contributed by atoms with Crippen LogP contribution in [0.1, 0.15) is 61.8 Å². The van der Waals surface area contributed by atoms with Gasteiger partial charge >= 0.3 is 0 Å². The summed E-state index contributed by atoms with van der Waals surface area (Å²) < 4.78 is 11.4. The van der Waals surface area contributed by atoms with Crippen molar-refractivity contribution in [2.75, 3.05) is 0 Å². The standard InChI is InChI=1S/C40H36N3O/c1-24(2)31-21-28(27-14-8-7-9-15-27)22-32(25(3)4)38(31)43-34-18-12-11-17-33(34)42(6)40(43)36-26(5)20-29(23-41)37-30-16-10-13-19-35(30)44-39(36)37/h7-22,24-25H,1-6H3/q+1. The van der Waals surface area contributed by atoms with E-state index < -0.39 is 0 Å². The number of hydrogen-bond acceptors (Lipinski definition) is 2. The molecule has 7 aromatic rings. The van der Waals surface area contributed by atoms with E-state index in [-0.39, 0.29) is 11.8 Å². The predicted octanol–water partition coefficient (Wildman–Crippen LogP) is 10.1. The number of furan rings is 1. The lowest BCUT2D eigenvalue weighted by Crippen LogP contribution is -2.30. The third kappa shape index (κ3) is 4.15. The van der Waals surface area contributed by atoms with Crippen LogP contribution in [0.5, 0.6) is 0 Å². The average molecular weight is 575 g/mol. The molecule has 0 amide bonds. The van der Waals surface area contributed by atoms with Gasteiger partial charge in [0.1, 0.15) is 16.8 Å². The van der Waals surface area contributed by atoms with Gasteiger partial charge in [0, 0.05) is 21.9 Å². The zero-order valence-corrected chi connectivity index (χ0v) is 26.1. The maximum absolute atomic E-state index is 10.2. The van der Waals surface area contributed by atoms with Crippen molar-refractivity contribution >= 4 is 33.0 Å². The zero-order chi connectivity index (χ0) is 30.7. The van der Waals surface area contributed by atoms with Gasteiger partial charge in [0.05, 0.1) is 18.7 Å². The predicted molar refractivity (Wildman–Crippen MR) is 180 cm³/mol. The normalized spacial score (nSPS) is 11.8. The van der Waals surface area contributed by atoms with Crippen molar-refractivity contribution in [3.63, 3.8) is 0 Å². The van der Waals surface area contributed by atoms with Gasteiger partial charge in [-0.1, -0.05) is 88.4 Å². The highest BCUT2D eigenvalue weighted by Gasteiger charge is 2.34. The topological polar surface area (TPSA) is 45.7 Å².